The first-order valence-corrected chi connectivity index (χ1v) is 3.92. The summed E-state index contributed by atoms with van der Waals surface area (Å²) in [6, 6.07) is 2.00. The molecule has 0 aromatic carbocycles. The fraction of sp³-hybridized carbons (Fsp3) is 0.111. The van der Waals surface area contributed by atoms with E-state index in [0.29, 0.717) is 0 Å². The average Bonchev–Trinajstić information content (AvgIpc) is 2.49. The summed E-state index contributed by atoms with van der Waals surface area (Å²) in [5.74, 6) is 0. The molecule has 4 heteroatoms. The molecule has 13 heavy (non-hydrogen) atoms. The number of pyridine rings is 1. The van der Waals surface area contributed by atoms with Crippen molar-refractivity contribution < 1.29 is 5.21 Å². The Hall–Kier alpha value is -1.84. The highest BCUT2D eigenvalue weighted by atomic mass is 16.4. The maximum absolute atomic E-state index is 8.40. The molecule has 0 bridgehead atoms. The van der Waals surface area contributed by atoms with Crippen LogP contribution in [0.4, 0.5) is 0 Å². The van der Waals surface area contributed by atoms with E-state index in [4.69, 9.17) is 5.21 Å². The molecule has 0 amide bonds. The van der Waals surface area contributed by atoms with E-state index in [1.165, 1.54) is 6.21 Å². The van der Waals surface area contributed by atoms with Crippen molar-refractivity contribution >= 4 is 17.2 Å². The lowest BCUT2D eigenvalue weighted by Gasteiger charge is -1.92. The van der Waals surface area contributed by atoms with Gasteiger partial charge in [0, 0.05) is 23.3 Å². The quantitative estimate of drug-likeness (QED) is 0.393. The van der Waals surface area contributed by atoms with Crippen molar-refractivity contribution in [1.82, 2.24) is 9.97 Å². The van der Waals surface area contributed by atoms with Crippen LogP contribution in [-0.2, 0) is 0 Å². The lowest BCUT2D eigenvalue weighted by atomic mass is 10.2. The first kappa shape index (κ1) is 7.79. The fourth-order valence-electron chi connectivity index (χ4n) is 1.30. The Morgan fingerprint density at radius 2 is 2.46 bits per heavy atom. The number of oxime groups is 1. The van der Waals surface area contributed by atoms with Crippen LogP contribution in [0.25, 0.3) is 11.0 Å². The predicted octanol–water partition coefficient (Wildman–Crippen LogP) is 1.68. The van der Waals surface area contributed by atoms with Gasteiger partial charge in [0.25, 0.3) is 0 Å². The van der Waals surface area contributed by atoms with Crippen molar-refractivity contribution in [3.8, 4) is 0 Å². The topological polar surface area (TPSA) is 61.3 Å². The van der Waals surface area contributed by atoms with E-state index in [2.05, 4.69) is 15.1 Å². The van der Waals surface area contributed by atoms with Gasteiger partial charge >= 0.3 is 0 Å². The van der Waals surface area contributed by atoms with Crippen molar-refractivity contribution in [2.45, 2.75) is 6.92 Å². The second-order valence-corrected chi connectivity index (χ2v) is 2.90. The number of nitrogens with zero attached hydrogens (tertiary/aromatic N) is 2. The molecule has 2 rings (SSSR count). The van der Waals surface area contributed by atoms with Gasteiger partial charge in [0.15, 0.2) is 0 Å². The van der Waals surface area contributed by atoms with Gasteiger partial charge in [-0.3, -0.25) is 0 Å². The van der Waals surface area contributed by atoms with Crippen molar-refractivity contribution in [3.05, 3.63) is 29.6 Å². The third-order valence-corrected chi connectivity index (χ3v) is 1.90. The smallest absolute Gasteiger partial charge is 0.137 e. The Morgan fingerprint density at radius 3 is 3.23 bits per heavy atom. The van der Waals surface area contributed by atoms with Crippen LogP contribution in [0, 0.1) is 6.92 Å². The van der Waals surface area contributed by atoms with Gasteiger partial charge in [0.2, 0.25) is 0 Å². The number of hydrogen-bond acceptors (Lipinski definition) is 3. The molecule has 2 aromatic heterocycles. The van der Waals surface area contributed by atoms with Gasteiger partial charge in [-0.2, -0.15) is 0 Å². The Bertz CT molecular complexity index is 459. The third-order valence-electron chi connectivity index (χ3n) is 1.90. The van der Waals surface area contributed by atoms with E-state index < -0.39 is 0 Å². The molecular formula is C9H9N3O. The minimum Gasteiger partial charge on any atom is -0.411 e. The van der Waals surface area contributed by atoms with Crippen molar-refractivity contribution in [2.24, 2.45) is 5.16 Å². The van der Waals surface area contributed by atoms with E-state index in [1.54, 1.807) is 12.4 Å². The number of rotatable bonds is 1. The number of hydrogen-bond donors (Lipinski definition) is 2. The van der Waals surface area contributed by atoms with Gasteiger partial charge in [-0.15, -0.1) is 0 Å². The van der Waals surface area contributed by atoms with Crippen LogP contribution >= 0.6 is 0 Å². The molecule has 0 spiro atoms. The van der Waals surface area contributed by atoms with Gasteiger partial charge in [0.1, 0.15) is 5.65 Å². The summed E-state index contributed by atoms with van der Waals surface area (Å²) in [6.07, 6.45) is 4.94. The summed E-state index contributed by atoms with van der Waals surface area (Å²) in [5, 5.41) is 12.4. The van der Waals surface area contributed by atoms with Crippen LogP contribution in [0.2, 0.25) is 0 Å². The Balaban J connectivity index is 2.71. The van der Waals surface area contributed by atoms with Crippen molar-refractivity contribution in [1.29, 1.82) is 0 Å². The molecule has 0 saturated heterocycles. The Morgan fingerprint density at radius 1 is 1.62 bits per heavy atom. The van der Waals surface area contributed by atoms with Crippen molar-refractivity contribution in [3.63, 3.8) is 0 Å². The van der Waals surface area contributed by atoms with Crippen LogP contribution in [-0.4, -0.2) is 21.4 Å². The van der Waals surface area contributed by atoms with Crippen LogP contribution in [0.5, 0.6) is 0 Å². The zero-order valence-corrected chi connectivity index (χ0v) is 7.15. The number of aromatic amines is 1. The summed E-state index contributed by atoms with van der Waals surface area (Å²) in [7, 11) is 0. The van der Waals surface area contributed by atoms with Gasteiger partial charge in [-0.25, -0.2) is 4.98 Å². The molecule has 0 saturated carbocycles. The van der Waals surface area contributed by atoms with E-state index in [-0.39, 0.29) is 0 Å². The third kappa shape index (κ3) is 1.26. The minimum absolute atomic E-state index is 0.806. The maximum Gasteiger partial charge on any atom is 0.137 e. The highest BCUT2D eigenvalue weighted by molar-refractivity contribution is 5.97. The normalized spacial score (nSPS) is 11.5. The fourth-order valence-corrected chi connectivity index (χ4v) is 1.30. The molecule has 0 atom stereocenters. The van der Waals surface area contributed by atoms with Crippen LogP contribution in [0.15, 0.2) is 23.6 Å². The van der Waals surface area contributed by atoms with Gasteiger partial charge < -0.3 is 10.2 Å². The van der Waals surface area contributed by atoms with E-state index in [0.717, 1.165) is 22.2 Å². The summed E-state index contributed by atoms with van der Waals surface area (Å²) < 4.78 is 0. The SMILES string of the molecule is Cc1cnc2[nH]cc(C=NO)c2c1. The van der Waals surface area contributed by atoms with Gasteiger partial charge in [-0.05, 0) is 18.6 Å². The first-order valence-electron chi connectivity index (χ1n) is 3.92. The van der Waals surface area contributed by atoms with E-state index >= 15 is 0 Å². The average molecular weight is 175 g/mol. The Labute approximate surface area is 74.9 Å². The molecular weight excluding hydrogens is 166 g/mol. The molecule has 0 aliphatic carbocycles. The minimum atomic E-state index is 0.806. The zero-order chi connectivity index (χ0) is 9.26. The van der Waals surface area contributed by atoms with Gasteiger partial charge in [0.05, 0.1) is 6.21 Å². The number of fused-ring (bicyclic) bond motifs is 1. The van der Waals surface area contributed by atoms with Crippen molar-refractivity contribution in [2.75, 3.05) is 0 Å². The summed E-state index contributed by atoms with van der Waals surface area (Å²) >= 11 is 0. The molecule has 4 nitrogen and oxygen atoms in total. The zero-order valence-electron chi connectivity index (χ0n) is 7.15. The molecule has 0 radical (unpaired) electrons. The molecule has 0 fully saturated rings. The summed E-state index contributed by atoms with van der Waals surface area (Å²) in [6.45, 7) is 1.97. The van der Waals surface area contributed by atoms with Crippen LogP contribution in [0.3, 0.4) is 0 Å². The molecule has 0 aliphatic rings. The summed E-state index contributed by atoms with van der Waals surface area (Å²) in [4.78, 5) is 7.17. The number of aryl methyl sites for hydroxylation is 1. The first-order chi connectivity index (χ1) is 6.31. The van der Waals surface area contributed by atoms with Gasteiger partial charge in [-0.1, -0.05) is 5.16 Å². The molecule has 2 aromatic rings. The Kier molecular flexibility index (Phi) is 1.73. The standard InChI is InChI=1S/C9H9N3O/c1-6-2-8-7(5-12-13)4-11-9(8)10-3-6/h2-5,13H,1H3,(H,10,11). The summed E-state index contributed by atoms with van der Waals surface area (Å²) in [5.41, 5.74) is 2.73. The van der Waals surface area contributed by atoms with Crippen LogP contribution in [0.1, 0.15) is 11.1 Å². The monoisotopic (exact) mass is 175 g/mol. The highest BCUT2D eigenvalue weighted by Gasteiger charge is 2.01. The molecule has 0 aliphatic heterocycles. The highest BCUT2D eigenvalue weighted by Crippen LogP contribution is 2.15. The molecule has 2 N–H and O–H groups in total. The van der Waals surface area contributed by atoms with E-state index in [9.17, 15) is 0 Å². The van der Waals surface area contributed by atoms with E-state index in [1.807, 2.05) is 13.0 Å². The molecule has 2 heterocycles. The lowest BCUT2D eigenvalue weighted by molar-refractivity contribution is 0.322. The van der Waals surface area contributed by atoms with Crippen LogP contribution < -0.4 is 0 Å². The number of aromatic nitrogens is 2. The maximum atomic E-state index is 8.40. The molecule has 66 valence electrons. The molecule has 0 unspecified atom stereocenters. The second kappa shape index (κ2) is 2.90. The second-order valence-electron chi connectivity index (χ2n) is 2.90. The lowest BCUT2D eigenvalue weighted by Crippen LogP contribution is -1.81. The number of H-pyrrole nitrogens is 1. The largest absolute Gasteiger partial charge is 0.411 e. The number of nitrogens with one attached hydrogen (secondary N) is 1. The predicted molar refractivity (Wildman–Crippen MR) is 50.2 cm³/mol.